The first-order valence-corrected chi connectivity index (χ1v) is 9.35. The van der Waals surface area contributed by atoms with Crippen LogP contribution in [0.1, 0.15) is 64.7 Å². The Morgan fingerprint density at radius 2 is 1.62 bits per heavy atom. The first-order valence-electron chi connectivity index (χ1n) is 9.35. The maximum absolute atomic E-state index is 10.8. The van der Waals surface area contributed by atoms with Gasteiger partial charge >= 0.3 is 0 Å². The van der Waals surface area contributed by atoms with Gasteiger partial charge in [-0.05, 0) is 18.6 Å². The Labute approximate surface area is 147 Å². The average Bonchev–Trinajstić information content (AvgIpc) is 2.58. The van der Waals surface area contributed by atoms with Gasteiger partial charge in [0.1, 0.15) is 12.4 Å². The third-order valence-corrected chi connectivity index (χ3v) is 4.04. The fourth-order valence-corrected chi connectivity index (χ4v) is 2.70. The van der Waals surface area contributed by atoms with Crippen molar-refractivity contribution >= 4 is 0 Å². The van der Waals surface area contributed by atoms with Crippen LogP contribution in [0.25, 0.3) is 0 Å². The van der Waals surface area contributed by atoms with Crippen LogP contribution in [0.2, 0.25) is 0 Å². The molecule has 0 aliphatic heterocycles. The van der Waals surface area contributed by atoms with Crippen molar-refractivity contribution in [1.82, 2.24) is 0 Å². The van der Waals surface area contributed by atoms with Crippen molar-refractivity contribution in [3.63, 3.8) is 0 Å². The minimum absolute atomic E-state index is 0.157. The number of benzene rings is 1. The molecule has 0 heterocycles. The number of hydrogen-bond donors (Lipinski definition) is 1. The van der Waals surface area contributed by atoms with Crippen LogP contribution in [0.5, 0.6) is 5.75 Å². The molecule has 0 saturated carbocycles. The maximum atomic E-state index is 10.8. The molecular formula is C21H34O3. The molecule has 0 bridgehead atoms. The summed E-state index contributed by atoms with van der Waals surface area (Å²) in [5, 5.41) is 10.8. The summed E-state index contributed by atoms with van der Waals surface area (Å²) in [6.07, 6.45) is 12.1. The Bertz CT molecular complexity index is 418. The number of aliphatic hydroxyl groups is 1. The van der Waals surface area contributed by atoms with Crippen molar-refractivity contribution in [2.45, 2.75) is 70.5 Å². The molecule has 1 aromatic rings. The predicted octanol–water partition coefficient (Wildman–Crippen LogP) is 5.49. The zero-order chi connectivity index (χ0) is 17.5. The monoisotopic (exact) mass is 334 g/mol. The van der Waals surface area contributed by atoms with Gasteiger partial charge in [0.2, 0.25) is 5.79 Å². The highest BCUT2D eigenvalue weighted by Crippen LogP contribution is 2.22. The van der Waals surface area contributed by atoms with Gasteiger partial charge in [-0.2, -0.15) is 0 Å². The van der Waals surface area contributed by atoms with Crippen molar-refractivity contribution in [3.8, 4) is 5.75 Å². The molecule has 0 spiro atoms. The van der Waals surface area contributed by atoms with Crippen LogP contribution >= 0.6 is 0 Å². The summed E-state index contributed by atoms with van der Waals surface area (Å²) in [4.78, 5) is 0. The molecule has 0 amide bonds. The van der Waals surface area contributed by atoms with Crippen LogP contribution < -0.4 is 4.74 Å². The molecule has 0 saturated heterocycles. The summed E-state index contributed by atoms with van der Waals surface area (Å²) in [7, 11) is 0. The minimum atomic E-state index is -1.27. The highest BCUT2D eigenvalue weighted by molar-refractivity contribution is 5.21. The largest absolute Gasteiger partial charge is 0.460 e. The van der Waals surface area contributed by atoms with Crippen LogP contribution in [0, 0.1) is 0 Å². The second-order valence-electron chi connectivity index (χ2n) is 6.39. The Kier molecular flexibility index (Phi) is 11.2. The Morgan fingerprint density at radius 3 is 2.25 bits per heavy atom. The van der Waals surface area contributed by atoms with E-state index < -0.39 is 5.79 Å². The van der Waals surface area contributed by atoms with Crippen LogP contribution in [0.15, 0.2) is 43.0 Å². The lowest BCUT2D eigenvalue weighted by Gasteiger charge is -2.29. The van der Waals surface area contributed by atoms with Crippen molar-refractivity contribution in [1.29, 1.82) is 0 Å². The maximum Gasteiger partial charge on any atom is 0.231 e. The van der Waals surface area contributed by atoms with Crippen molar-refractivity contribution in [3.05, 3.63) is 43.0 Å². The van der Waals surface area contributed by atoms with E-state index in [1.54, 1.807) is 6.08 Å². The molecule has 1 atom stereocenters. The van der Waals surface area contributed by atoms with E-state index in [1.165, 1.54) is 38.5 Å². The van der Waals surface area contributed by atoms with Gasteiger partial charge in [-0.1, -0.05) is 76.1 Å². The second kappa shape index (κ2) is 13.0. The first kappa shape index (κ1) is 20.7. The van der Waals surface area contributed by atoms with Crippen LogP contribution in [0.4, 0.5) is 0 Å². The van der Waals surface area contributed by atoms with Gasteiger partial charge < -0.3 is 14.6 Å². The number of unbranched alkanes of at least 4 members (excludes halogenated alkanes) is 7. The number of rotatable bonds is 15. The van der Waals surface area contributed by atoms with Gasteiger partial charge in [-0.25, -0.2) is 0 Å². The molecule has 0 radical (unpaired) electrons. The van der Waals surface area contributed by atoms with Crippen molar-refractivity contribution in [2.24, 2.45) is 0 Å². The molecule has 1 unspecified atom stereocenters. The topological polar surface area (TPSA) is 38.7 Å². The van der Waals surface area contributed by atoms with E-state index in [1.807, 2.05) is 30.3 Å². The Morgan fingerprint density at radius 1 is 1.00 bits per heavy atom. The molecule has 0 aliphatic carbocycles. The summed E-state index contributed by atoms with van der Waals surface area (Å²) in [6.45, 7) is 6.44. The van der Waals surface area contributed by atoms with Crippen LogP contribution in [0.3, 0.4) is 0 Å². The van der Waals surface area contributed by atoms with Gasteiger partial charge in [0.15, 0.2) is 0 Å². The van der Waals surface area contributed by atoms with Gasteiger partial charge in [-0.15, -0.1) is 6.58 Å². The smallest absolute Gasteiger partial charge is 0.231 e. The number of para-hydroxylation sites is 1. The van der Waals surface area contributed by atoms with E-state index in [9.17, 15) is 5.11 Å². The molecule has 24 heavy (non-hydrogen) atoms. The Hall–Kier alpha value is -1.32. The lowest BCUT2D eigenvalue weighted by Crippen LogP contribution is -2.41. The SMILES string of the molecule is C=CCOCC(O)(CCCCCCCCCC)Oc1ccccc1. The minimum Gasteiger partial charge on any atom is -0.460 e. The highest BCUT2D eigenvalue weighted by Gasteiger charge is 2.29. The summed E-state index contributed by atoms with van der Waals surface area (Å²) >= 11 is 0. The van der Waals surface area contributed by atoms with Gasteiger partial charge in [0.25, 0.3) is 0 Å². The first-order chi connectivity index (χ1) is 11.7. The van der Waals surface area contributed by atoms with Gasteiger partial charge in [0.05, 0.1) is 6.61 Å². The van der Waals surface area contributed by atoms with Crippen molar-refractivity contribution < 1.29 is 14.6 Å². The molecule has 136 valence electrons. The number of ether oxygens (including phenoxy) is 2. The molecule has 1 rings (SSSR count). The van der Waals surface area contributed by atoms with E-state index in [-0.39, 0.29) is 6.61 Å². The zero-order valence-corrected chi connectivity index (χ0v) is 15.2. The zero-order valence-electron chi connectivity index (χ0n) is 15.2. The van der Waals surface area contributed by atoms with Gasteiger partial charge in [0, 0.05) is 6.42 Å². The van der Waals surface area contributed by atoms with Crippen LogP contribution in [-0.2, 0) is 4.74 Å². The molecule has 1 N–H and O–H groups in total. The van der Waals surface area contributed by atoms with E-state index in [0.717, 1.165) is 12.8 Å². The Balaban J connectivity index is 2.34. The van der Waals surface area contributed by atoms with E-state index in [0.29, 0.717) is 18.8 Å². The molecule has 0 aromatic heterocycles. The highest BCUT2D eigenvalue weighted by atomic mass is 16.6. The van der Waals surface area contributed by atoms with E-state index >= 15 is 0 Å². The fourth-order valence-electron chi connectivity index (χ4n) is 2.70. The summed E-state index contributed by atoms with van der Waals surface area (Å²) < 4.78 is 11.3. The molecular weight excluding hydrogens is 300 g/mol. The molecule has 1 aromatic carbocycles. The molecule has 0 aliphatic rings. The lowest BCUT2D eigenvalue weighted by atomic mass is 10.0. The third kappa shape index (κ3) is 9.74. The summed E-state index contributed by atoms with van der Waals surface area (Å²) in [5.74, 6) is -0.603. The third-order valence-electron chi connectivity index (χ3n) is 4.04. The van der Waals surface area contributed by atoms with E-state index in [4.69, 9.17) is 9.47 Å². The quantitative estimate of drug-likeness (QED) is 0.262. The van der Waals surface area contributed by atoms with Gasteiger partial charge in [-0.3, -0.25) is 0 Å². The summed E-state index contributed by atoms with van der Waals surface area (Å²) in [6, 6.07) is 9.43. The molecule has 0 fully saturated rings. The van der Waals surface area contributed by atoms with Crippen molar-refractivity contribution in [2.75, 3.05) is 13.2 Å². The van der Waals surface area contributed by atoms with E-state index in [2.05, 4.69) is 13.5 Å². The standard InChI is InChI=1S/C21H34O3/c1-3-5-6-7-8-9-10-14-17-21(22,19-23-18-4-2)24-20-15-12-11-13-16-20/h4,11-13,15-16,22H,2-3,5-10,14,17-19H2,1H3. The number of hydrogen-bond acceptors (Lipinski definition) is 3. The van der Waals surface area contributed by atoms with Crippen LogP contribution in [-0.4, -0.2) is 24.1 Å². The summed E-state index contributed by atoms with van der Waals surface area (Å²) in [5.41, 5.74) is 0. The molecule has 3 nitrogen and oxygen atoms in total. The fraction of sp³-hybridized carbons (Fsp3) is 0.619. The normalized spacial score (nSPS) is 13.4. The predicted molar refractivity (Wildman–Crippen MR) is 100 cm³/mol. The second-order valence-corrected chi connectivity index (χ2v) is 6.39. The average molecular weight is 334 g/mol. The lowest BCUT2D eigenvalue weighted by molar-refractivity contribution is -0.180. The molecule has 3 heteroatoms.